The van der Waals surface area contributed by atoms with Gasteiger partial charge in [0.05, 0.1) is 4.90 Å². The van der Waals surface area contributed by atoms with E-state index in [9.17, 15) is 13.2 Å². The lowest BCUT2D eigenvalue weighted by Gasteiger charge is -2.20. The number of rotatable bonds is 4. The molecule has 1 heterocycles. The molecule has 1 N–H and O–H groups in total. The number of nitrogens with zero attached hydrogens (tertiary/aromatic N) is 1. The third-order valence-corrected chi connectivity index (χ3v) is 5.90. The molecule has 5 nitrogen and oxygen atoms in total. The van der Waals surface area contributed by atoms with Crippen LogP contribution in [0.15, 0.2) is 47.4 Å². The van der Waals surface area contributed by atoms with E-state index in [1.54, 1.807) is 23.1 Å². The highest BCUT2D eigenvalue weighted by Crippen LogP contribution is 2.33. The van der Waals surface area contributed by atoms with Gasteiger partial charge in [-0.2, -0.15) is 0 Å². The molecule has 0 spiro atoms. The maximum absolute atomic E-state index is 12.6. The molecule has 0 fully saturated rings. The van der Waals surface area contributed by atoms with Crippen LogP contribution in [-0.4, -0.2) is 20.4 Å². The molecule has 25 heavy (non-hydrogen) atoms. The van der Waals surface area contributed by atoms with Crippen molar-refractivity contribution >= 4 is 21.6 Å². The van der Waals surface area contributed by atoms with Gasteiger partial charge in [0.1, 0.15) is 0 Å². The molecule has 6 heteroatoms. The summed E-state index contributed by atoms with van der Waals surface area (Å²) in [5.74, 6) is -0.0284. The first-order valence-electron chi connectivity index (χ1n) is 8.26. The molecule has 1 amide bonds. The summed E-state index contributed by atoms with van der Waals surface area (Å²) < 4.78 is 27.8. The zero-order valence-electron chi connectivity index (χ0n) is 14.6. The Balaban J connectivity index is 1.81. The van der Waals surface area contributed by atoms with E-state index in [-0.39, 0.29) is 23.4 Å². The van der Waals surface area contributed by atoms with Crippen molar-refractivity contribution < 1.29 is 13.2 Å². The van der Waals surface area contributed by atoms with Crippen molar-refractivity contribution in [3.63, 3.8) is 0 Å². The number of nitrogens with one attached hydrogen (secondary N) is 1. The molecule has 0 radical (unpaired) electrons. The molecule has 1 unspecified atom stereocenters. The highest BCUT2D eigenvalue weighted by atomic mass is 32.2. The number of hydrogen-bond donors (Lipinski definition) is 1. The van der Waals surface area contributed by atoms with Gasteiger partial charge in [-0.3, -0.25) is 4.79 Å². The Kier molecular flexibility index (Phi) is 4.67. The van der Waals surface area contributed by atoms with E-state index in [4.69, 9.17) is 0 Å². The van der Waals surface area contributed by atoms with Crippen LogP contribution in [0, 0.1) is 6.92 Å². The Bertz CT molecular complexity index is 905. The largest absolute Gasteiger partial charge is 0.309 e. The molecular formula is C19H22N2O3S. The first-order valence-corrected chi connectivity index (χ1v) is 9.74. The molecule has 0 saturated carbocycles. The summed E-state index contributed by atoms with van der Waals surface area (Å²) in [6.45, 7) is 5.73. The maximum atomic E-state index is 12.6. The number of hydrogen-bond acceptors (Lipinski definition) is 3. The Morgan fingerprint density at radius 1 is 1.20 bits per heavy atom. The monoisotopic (exact) mass is 358 g/mol. The second-order valence-corrected chi connectivity index (χ2v) is 8.31. The van der Waals surface area contributed by atoms with Gasteiger partial charge in [-0.1, -0.05) is 29.8 Å². The summed E-state index contributed by atoms with van der Waals surface area (Å²) in [6.07, 6.45) is 0.663. The fraction of sp³-hybridized carbons (Fsp3) is 0.316. The summed E-state index contributed by atoms with van der Waals surface area (Å²) in [7, 11) is -3.60. The minimum Gasteiger partial charge on any atom is -0.309 e. The molecule has 0 bridgehead atoms. The van der Waals surface area contributed by atoms with Crippen LogP contribution < -0.4 is 9.62 Å². The van der Waals surface area contributed by atoms with Crippen LogP contribution in [0.4, 0.5) is 5.69 Å². The van der Waals surface area contributed by atoms with E-state index in [0.29, 0.717) is 6.42 Å². The smallest absolute Gasteiger partial charge is 0.240 e. The van der Waals surface area contributed by atoms with Gasteiger partial charge in [0.25, 0.3) is 0 Å². The van der Waals surface area contributed by atoms with Crippen LogP contribution in [0.1, 0.15) is 30.5 Å². The van der Waals surface area contributed by atoms with Crippen LogP contribution in [0.5, 0.6) is 0 Å². The van der Waals surface area contributed by atoms with Gasteiger partial charge in [0.2, 0.25) is 15.9 Å². The molecule has 3 rings (SSSR count). The number of amides is 1. The van der Waals surface area contributed by atoms with E-state index in [1.165, 1.54) is 6.92 Å². The average molecular weight is 358 g/mol. The average Bonchev–Trinajstić information content (AvgIpc) is 2.89. The highest BCUT2D eigenvalue weighted by Gasteiger charge is 2.30. The van der Waals surface area contributed by atoms with Crippen molar-refractivity contribution in [2.24, 2.45) is 0 Å². The molecule has 1 aliphatic rings. The number of aryl methyl sites for hydroxylation is 1. The Morgan fingerprint density at radius 2 is 1.88 bits per heavy atom. The van der Waals surface area contributed by atoms with Crippen molar-refractivity contribution in [2.75, 3.05) is 4.90 Å². The highest BCUT2D eigenvalue weighted by molar-refractivity contribution is 7.89. The van der Waals surface area contributed by atoms with Gasteiger partial charge < -0.3 is 4.90 Å². The topological polar surface area (TPSA) is 66.5 Å². The van der Waals surface area contributed by atoms with Crippen LogP contribution in [0.25, 0.3) is 0 Å². The molecule has 0 aromatic heterocycles. The predicted octanol–water partition coefficient (Wildman–Crippen LogP) is 2.77. The van der Waals surface area contributed by atoms with Gasteiger partial charge in [0.15, 0.2) is 0 Å². The Morgan fingerprint density at radius 3 is 2.52 bits per heavy atom. The lowest BCUT2D eigenvalue weighted by molar-refractivity contribution is -0.116. The standard InChI is InChI=1S/C19H22N2O3S/c1-13-4-6-16(7-5-13)12-20-25(23,24)18-8-9-19-17(11-18)10-14(2)21(19)15(3)22/h4-9,11,14,20H,10,12H2,1-3H3. The van der Waals surface area contributed by atoms with Crippen LogP contribution in [-0.2, 0) is 27.8 Å². The molecule has 2 aromatic carbocycles. The molecule has 132 valence electrons. The number of anilines is 1. The fourth-order valence-electron chi connectivity index (χ4n) is 3.22. The number of fused-ring (bicyclic) bond motifs is 1. The van der Waals surface area contributed by atoms with E-state index < -0.39 is 10.0 Å². The van der Waals surface area contributed by atoms with Crippen molar-refractivity contribution in [3.8, 4) is 0 Å². The molecule has 1 atom stereocenters. The summed E-state index contributed by atoms with van der Waals surface area (Å²) in [4.78, 5) is 13.7. The van der Waals surface area contributed by atoms with Gasteiger partial charge >= 0.3 is 0 Å². The van der Waals surface area contributed by atoms with Crippen LogP contribution in [0.3, 0.4) is 0 Å². The van der Waals surface area contributed by atoms with Crippen molar-refractivity contribution in [3.05, 3.63) is 59.2 Å². The molecule has 1 aliphatic heterocycles. The van der Waals surface area contributed by atoms with E-state index in [0.717, 1.165) is 22.4 Å². The van der Waals surface area contributed by atoms with Crippen LogP contribution in [0.2, 0.25) is 0 Å². The summed E-state index contributed by atoms with van der Waals surface area (Å²) >= 11 is 0. The summed E-state index contributed by atoms with van der Waals surface area (Å²) in [5.41, 5.74) is 3.74. The zero-order chi connectivity index (χ0) is 18.2. The van der Waals surface area contributed by atoms with Gasteiger partial charge in [0, 0.05) is 25.2 Å². The minimum absolute atomic E-state index is 0.0284. The molecule has 0 aliphatic carbocycles. The minimum atomic E-state index is -3.60. The second-order valence-electron chi connectivity index (χ2n) is 6.54. The molecular weight excluding hydrogens is 336 g/mol. The number of carbonyl (C=O) groups excluding carboxylic acids is 1. The third kappa shape index (κ3) is 3.60. The third-order valence-electron chi connectivity index (χ3n) is 4.50. The first-order chi connectivity index (χ1) is 11.8. The Labute approximate surface area is 148 Å². The number of sulfonamides is 1. The van der Waals surface area contributed by atoms with Crippen LogP contribution >= 0.6 is 0 Å². The van der Waals surface area contributed by atoms with Gasteiger partial charge in [-0.05, 0) is 49.6 Å². The normalized spacial score (nSPS) is 16.8. The molecule has 2 aromatic rings. The fourth-order valence-corrected chi connectivity index (χ4v) is 4.29. The van der Waals surface area contributed by atoms with E-state index in [2.05, 4.69) is 4.72 Å². The predicted molar refractivity (Wildman–Crippen MR) is 98.0 cm³/mol. The number of carbonyl (C=O) groups is 1. The summed E-state index contributed by atoms with van der Waals surface area (Å²) in [5, 5.41) is 0. The van der Waals surface area contributed by atoms with Gasteiger partial charge in [-0.25, -0.2) is 13.1 Å². The quantitative estimate of drug-likeness (QED) is 0.914. The Hall–Kier alpha value is -2.18. The molecule has 0 saturated heterocycles. The maximum Gasteiger partial charge on any atom is 0.240 e. The SMILES string of the molecule is CC(=O)N1c2ccc(S(=O)(=O)NCc3ccc(C)cc3)cc2CC1C. The van der Waals surface area contributed by atoms with E-state index >= 15 is 0 Å². The van der Waals surface area contributed by atoms with E-state index in [1.807, 2.05) is 38.1 Å². The first kappa shape index (κ1) is 17.6. The van der Waals surface area contributed by atoms with Crippen molar-refractivity contribution in [1.82, 2.24) is 4.72 Å². The second kappa shape index (κ2) is 6.61. The summed E-state index contributed by atoms with van der Waals surface area (Å²) in [6, 6.07) is 12.7. The van der Waals surface area contributed by atoms with Crippen molar-refractivity contribution in [1.29, 1.82) is 0 Å². The zero-order valence-corrected chi connectivity index (χ0v) is 15.4. The lowest BCUT2D eigenvalue weighted by Crippen LogP contribution is -2.33. The lowest BCUT2D eigenvalue weighted by atomic mass is 10.1. The number of benzene rings is 2. The van der Waals surface area contributed by atoms with Crippen molar-refractivity contribution in [2.45, 2.75) is 44.7 Å². The van der Waals surface area contributed by atoms with Gasteiger partial charge in [-0.15, -0.1) is 0 Å².